The first-order chi connectivity index (χ1) is 33.7. The Bertz CT molecular complexity index is 4200. The van der Waals surface area contributed by atoms with Crippen LogP contribution in [0.3, 0.4) is 0 Å². The number of pyridine rings is 1. The molecule has 0 spiro atoms. The van der Waals surface area contributed by atoms with E-state index < -0.39 is 0 Å². The van der Waals surface area contributed by atoms with Crippen LogP contribution >= 0.6 is 11.8 Å². The molecule has 0 atom stereocenters. The number of hydrogen-bond donors (Lipinski definition) is 0. The van der Waals surface area contributed by atoms with Gasteiger partial charge in [0.2, 0.25) is 0 Å². The Morgan fingerprint density at radius 2 is 1.06 bits per heavy atom. The molecule has 0 bridgehead atoms. The van der Waals surface area contributed by atoms with Gasteiger partial charge >= 0.3 is 0 Å². The monoisotopic (exact) mass is 938 g/mol. The summed E-state index contributed by atoms with van der Waals surface area (Å²) < 4.78 is 5.06. The van der Waals surface area contributed by atoms with E-state index in [1.807, 2.05) is 11.8 Å². The van der Waals surface area contributed by atoms with Crippen molar-refractivity contribution in [3.63, 3.8) is 0 Å². The van der Waals surface area contributed by atoms with Crippen molar-refractivity contribution < 1.29 is 0 Å². The van der Waals surface area contributed by atoms with E-state index in [-0.39, 0.29) is 28.4 Å². The molecule has 348 valence electrons. The van der Waals surface area contributed by atoms with Gasteiger partial charge in [0.25, 0.3) is 6.71 Å². The maximum absolute atomic E-state index is 5.37. The van der Waals surface area contributed by atoms with Crippen LogP contribution in [0.5, 0.6) is 0 Å². The summed E-state index contributed by atoms with van der Waals surface area (Å²) in [4.78, 5) is 10.7. The van der Waals surface area contributed by atoms with Gasteiger partial charge in [-0.3, -0.25) is 4.40 Å². The second-order valence-corrected chi connectivity index (χ2v) is 26.0. The van der Waals surface area contributed by atoms with Crippen LogP contribution < -0.4 is 21.3 Å². The highest BCUT2D eigenvalue weighted by molar-refractivity contribution is 7.99. The van der Waals surface area contributed by atoms with Crippen molar-refractivity contribution in [2.24, 2.45) is 0 Å². The summed E-state index contributed by atoms with van der Waals surface area (Å²) in [5, 5.41) is 6.30. The fraction of sp³-hybridized carbons (Fsp3) is 0.246. The number of aromatic nitrogens is 3. The Labute approximate surface area is 421 Å². The quantitative estimate of drug-likeness (QED) is 0.121. The van der Waals surface area contributed by atoms with E-state index in [9.17, 15) is 0 Å². The summed E-state index contributed by atoms with van der Waals surface area (Å²) in [6.07, 6.45) is 0. The van der Waals surface area contributed by atoms with Crippen molar-refractivity contribution in [2.45, 2.75) is 115 Å². The minimum atomic E-state index is -0.0608. The van der Waals surface area contributed by atoms with E-state index in [2.05, 4.69) is 236 Å². The lowest BCUT2D eigenvalue weighted by molar-refractivity contribution is 0.588. The zero-order valence-corrected chi connectivity index (χ0v) is 43.9. The minimum absolute atomic E-state index is 0.00256. The highest BCUT2D eigenvalue weighted by atomic mass is 32.2. The van der Waals surface area contributed by atoms with E-state index in [4.69, 9.17) is 4.98 Å². The van der Waals surface area contributed by atoms with Crippen molar-refractivity contribution in [1.29, 1.82) is 0 Å². The van der Waals surface area contributed by atoms with E-state index in [0.717, 1.165) is 16.7 Å². The molecule has 71 heavy (non-hydrogen) atoms. The normalized spacial score (nSPS) is 14.4. The average molecular weight is 939 g/mol. The maximum Gasteiger partial charge on any atom is 0.252 e. The number of anilines is 3. The molecule has 14 rings (SSSR count). The Hall–Kier alpha value is -6.76. The third kappa shape index (κ3) is 6.04. The van der Waals surface area contributed by atoms with Crippen LogP contribution in [0.4, 0.5) is 17.1 Å². The number of hydrogen-bond acceptors (Lipinski definition) is 3. The Morgan fingerprint density at radius 1 is 0.437 bits per heavy atom. The lowest BCUT2D eigenvalue weighted by Crippen LogP contribution is -2.61. The standard InChI is InChI=1S/C65H59BN4S/c1-62(2,3)38-22-25-51-45(30-38)46-31-40(64(7,8)9)32-47-59(46)68(51)54-28-37(36-21-24-49-53(27-36)70-50-20-16-15-18-43(50)42-17-13-14-19-44(42)61(70)67-49)29-55-58(54)66(47)48-33-41(65(10,11)12)35-57-60(48)69(55)52-26-23-39(63(4,5)6)34-56(52)71-57/h13-35H,1-12H3. The molecule has 0 aliphatic carbocycles. The van der Waals surface area contributed by atoms with E-state index in [0.29, 0.717) is 0 Å². The molecular formula is C65H59BN4S. The molecule has 0 saturated carbocycles. The van der Waals surface area contributed by atoms with Gasteiger partial charge in [0.1, 0.15) is 5.65 Å². The van der Waals surface area contributed by atoms with Crippen LogP contribution in [0.2, 0.25) is 0 Å². The van der Waals surface area contributed by atoms with Crippen LogP contribution in [0, 0.1) is 0 Å². The first-order valence-electron chi connectivity index (χ1n) is 25.6. The molecule has 8 aromatic carbocycles. The predicted molar refractivity (Wildman–Crippen MR) is 306 cm³/mol. The number of fused-ring (bicyclic) bond motifs is 17. The van der Waals surface area contributed by atoms with Crippen molar-refractivity contribution in [3.05, 3.63) is 162 Å². The predicted octanol–water partition coefficient (Wildman–Crippen LogP) is 15.8. The first kappa shape index (κ1) is 43.1. The van der Waals surface area contributed by atoms with Crippen molar-refractivity contribution >= 4 is 112 Å². The van der Waals surface area contributed by atoms with Gasteiger partial charge in [-0.1, -0.05) is 168 Å². The van der Waals surface area contributed by atoms with E-state index >= 15 is 0 Å². The SMILES string of the molecule is CC(C)(C)c1ccc2c(c1)Sc1cc(C(C)(C)C)cc3c1N2c1cc(-c2ccc4nc5c6ccccc6c6ccccc6n5c4c2)cc2c1B3c1cc(C(C)(C)C)cc3c4cc(C(C)(C)C)ccc4n-2c13. The van der Waals surface area contributed by atoms with Gasteiger partial charge < -0.3 is 9.47 Å². The highest BCUT2D eigenvalue weighted by Crippen LogP contribution is 2.55. The van der Waals surface area contributed by atoms with Gasteiger partial charge in [0, 0.05) is 48.2 Å². The van der Waals surface area contributed by atoms with Crippen LogP contribution in [0.15, 0.2) is 149 Å². The number of benzene rings is 8. The Morgan fingerprint density at radius 3 is 1.80 bits per heavy atom. The smallest absolute Gasteiger partial charge is 0.252 e. The molecule has 6 heterocycles. The van der Waals surface area contributed by atoms with Crippen molar-refractivity contribution in [2.75, 3.05) is 4.90 Å². The zero-order valence-electron chi connectivity index (χ0n) is 43.1. The number of imidazole rings is 1. The first-order valence-corrected chi connectivity index (χ1v) is 26.4. The molecule has 0 amide bonds. The molecule has 0 radical (unpaired) electrons. The summed E-state index contributed by atoms with van der Waals surface area (Å²) in [7, 11) is 0. The summed E-state index contributed by atoms with van der Waals surface area (Å²) in [6.45, 7) is 28.3. The maximum atomic E-state index is 5.37. The molecule has 3 aromatic heterocycles. The molecule has 0 unspecified atom stereocenters. The molecule has 0 saturated heterocycles. The number of nitrogens with zero attached hydrogens (tertiary/aromatic N) is 4. The minimum Gasteiger partial charge on any atom is -0.310 e. The largest absolute Gasteiger partial charge is 0.310 e. The fourth-order valence-electron chi connectivity index (χ4n) is 12.3. The van der Waals surface area contributed by atoms with Crippen molar-refractivity contribution in [3.8, 4) is 16.8 Å². The second-order valence-electron chi connectivity index (χ2n) is 25.0. The van der Waals surface area contributed by atoms with Crippen LogP contribution in [-0.4, -0.2) is 20.7 Å². The molecule has 4 nitrogen and oxygen atoms in total. The van der Waals surface area contributed by atoms with Crippen LogP contribution in [0.1, 0.15) is 105 Å². The van der Waals surface area contributed by atoms with Gasteiger partial charge in [0.05, 0.1) is 33.4 Å². The molecule has 0 fully saturated rings. The summed E-state index contributed by atoms with van der Waals surface area (Å²) in [6, 6.07) is 54.4. The van der Waals surface area contributed by atoms with Gasteiger partial charge in [-0.2, -0.15) is 0 Å². The third-order valence-electron chi connectivity index (χ3n) is 16.2. The average Bonchev–Trinajstić information content (AvgIpc) is 3.88. The lowest BCUT2D eigenvalue weighted by Gasteiger charge is -2.45. The lowest BCUT2D eigenvalue weighted by atomic mass is 9.33. The molecule has 3 aliphatic heterocycles. The number of para-hydroxylation sites is 1. The van der Waals surface area contributed by atoms with Crippen molar-refractivity contribution in [1.82, 2.24) is 14.0 Å². The number of rotatable bonds is 1. The van der Waals surface area contributed by atoms with Gasteiger partial charge in [-0.25, -0.2) is 4.98 Å². The topological polar surface area (TPSA) is 25.5 Å². The van der Waals surface area contributed by atoms with Crippen LogP contribution in [-0.2, 0) is 21.7 Å². The molecule has 11 aromatic rings. The van der Waals surface area contributed by atoms with E-state index in [1.165, 1.54) is 126 Å². The molecule has 3 aliphatic rings. The third-order valence-corrected chi connectivity index (χ3v) is 17.3. The Kier molecular flexibility index (Phi) is 8.50. The summed E-state index contributed by atoms with van der Waals surface area (Å²) in [5.41, 5.74) is 23.9. The molecule has 6 heteroatoms. The van der Waals surface area contributed by atoms with E-state index in [1.54, 1.807) is 0 Å². The summed E-state index contributed by atoms with van der Waals surface area (Å²) in [5.74, 6) is 0. The highest BCUT2D eigenvalue weighted by Gasteiger charge is 2.46. The zero-order chi connectivity index (χ0) is 49.0. The van der Waals surface area contributed by atoms with Gasteiger partial charge in [-0.05, 0) is 144 Å². The summed E-state index contributed by atoms with van der Waals surface area (Å²) >= 11 is 1.96. The molecular weight excluding hydrogens is 880 g/mol. The van der Waals surface area contributed by atoms with Gasteiger partial charge in [-0.15, -0.1) is 0 Å². The fourth-order valence-corrected chi connectivity index (χ4v) is 13.5. The molecule has 0 N–H and O–H groups in total. The van der Waals surface area contributed by atoms with Crippen LogP contribution in [0.25, 0.3) is 77.0 Å². The van der Waals surface area contributed by atoms with Gasteiger partial charge in [0.15, 0.2) is 0 Å². The Balaban J connectivity index is 1.14. The second kappa shape index (κ2) is 14.0.